The van der Waals surface area contributed by atoms with Crippen molar-refractivity contribution in [3.05, 3.63) is 0 Å². The molecule has 1 aliphatic heterocycles. The molecule has 1 amide bonds. The van der Waals surface area contributed by atoms with Crippen molar-refractivity contribution in [3.63, 3.8) is 0 Å². The lowest BCUT2D eigenvalue weighted by Gasteiger charge is -2.34. The Bertz CT molecular complexity index is 412. The van der Waals surface area contributed by atoms with Gasteiger partial charge in [-0.25, -0.2) is 0 Å². The molecule has 2 N–H and O–H groups in total. The molecule has 0 bridgehead atoms. The zero-order valence-corrected chi connectivity index (χ0v) is 10.8. The van der Waals surface area contributed by atoms with E-state index in [0.717, 1.165) is 31.2 Å². The molecule has 1 fully saturated rings. The second-order valence-corrected chi connectivity index (χ2v) is 4.65. The van der Waals surface area contributed by atoms with Crippen molar-refractivity contribution in [1.29, 1.82) is 0 Å². The van der Waals surface area contributed by atoms with Crippen LogP contribution >= 0.6 is 11.5 Å². The molecule has 6 nitrogen and oxygen atoms in total. The molecule has 7 heteroatoms. The van der Waals surface area contributed by atoms with E-state index < -0.39 is 0 Å². The Morgan fingerprint density at radius 1 is 1.41 bits per heavy atom. The Labute approximate surface area is 104 Å². The number of nitrogens with zero attached hydrogens (tertiary/aromatic N) is 3. The molecular weight excluding hydrogens is 240 g/mol. The smallest absolute Gasteiger partial charge is 0.219 e. The Morgan fingerprint density at radius 2 is 2.06 bits per heavy atom. The number of nitrogen functional groups attached to an aromatic ring is 1. The number of amides is 1. The first-order valence-corrected chi connectivity index (χ1v) is 6.20. The van der Waals surface area contributed by atoms with Gasteiger partial charge in [-0.1, -0.05) is 0 Å². The van der Waals surface area contributed by atoms with Crippen LogP contribution in [-0.2, 0) is 4.79 Å². The molecule has 0 spiro atoms. The summed E-state index contributed by atoms with van der Waals surface area (Å²) < 4.78 is 9.33. The summed E-state index contributed by atoms with van der Waals surface area (Å²) in [4.78, 5) is 15.2. The summed E-state index contributed by atoms with van der Waals surface area (Å²) in [6.45, 7) is 4.64. The molecule has 1 aromatic heterocycles. The van der Waals surface area contributed by atoms with Crippen LogP contribution < -0.4 is 15.4 Å². The van der Waals surface area contributed by atoms with Gasteiger partial charge in [0.1, 0.15) is 0 Å². The molecule has 0 aromatic carbocycles. The van der Waals surface area contributed by atoms with Gasteiger partial charge in [0.2, 0.25) is 5.91 Å². The predicted molar refractivity (Wildman–Crippen MR) is 67.5 cm³/mol. The van der Waals surface area contributed by atoms with Crippen LogP contribution in [-0.4, -0.2) is 48.5 Å². The van der Waals surface area contributed by atoms with E-state index in [1.54, 1.807) is 14.0 Å². The highest BCUT2D eigenvalue weighted by molar-refractivity contribution is 7.11. The number of aromatic nitrogens is 1. The van der Waals surface area contributed by atoms with Crippen LogP contribution in [0.15, 0.2) is 0 Å². The third kappa shape index (κ3) is 2.28. The van der Waals surface area contributed by atoms with Crippen molar-refractivity contribution in [2.75, 3.05) is 43.9 Å². The molecule has 0 aliphatic carbocycles. The number of anilines is 2. The van der Waals surface area contributed by atoms with Crippen molar-refractivity contribution >= 4 is 28.3 Å². The van der Waals surface area contributed by atoms with Gasteiger partial charge in [0.25, 0.3) is 0 Å². The fraction of sp³-hybridized carbons (Fsp3) is 0.600. The number of rotatable bonds is 2. The number of hydrogen-bond donors (Lipinski definition) is 1. The van der Waals surface area contributed by atoms with E-state index in [1.165, 1.54) is 11.5 Å². The normalized spacial score (nSPS) is 16.1. The maximum atomic E-state index is 11.2. The van der Waals surface area contributed by atoms with E-state index in [0.29, 0.717) is 11.6 Å². The third-order valence-corrected chi connectivity index (χ3v) is 3.78. The van der Waals surface area contributed by atoms with Crippen molar-refractivity contribution in [1.82, 2.24) is 9.27 Å². The summed E-state index contributed by atoms with van der Waals surface area (Å²) in [6, 6.07) is 0. The Kier molecular flexibility index (Phi) is 3.37. The van der Waals surface area contributed by atoms with Gasteiger partial charge in [0, 0.05) is 33.1 Å². The quantitative estimate of drug-likeness (QED) is 0.829. The second-order valence-electron chi connectivity index (χ2n) is 3.90. The summed E-state index contributed by atoms with van der Waals surface area (Å²) in [6.07, 6.45) is 0. The first-order chi connectivity index (χ1) is 8.13. The lowest BCUT2D eigenvalue weighted by Crippen LogP contribution is -2.47. The number of nitrogens with two attached hydrogens (primary N) is 1. The van der Waals surface area contributed by atoms with Gasteiger partial charge in [0.05, 0.1) is 7.11 Å². The predicted octanol–water partition coefficient (Wildman–Crippen LogP) is 0.402. The maximum Gasteiger partial charge on any atom is 0.219 e. The summed E-state index contributed by atoms with van der Waals surface area (Å²) >= 11 is 1.34. The van der Waals surface area contributed by atoms with Crippen LogP contribution in [0, 0.1) is 0 Å². The van der Waals surface area contributed by atoms with Gasteiger partial charge in [-0.2, -0.15) is 4.37 Å². The number of ether oxygens (including phenoxy) is 1. The van der Waals surface area contributed by atoms with Gasteiger partial charge in [0.15, 0.2) is 16.6 Å². The summed E-state index contributed by atoms with van der Waals surface area (Å²) in [5, 5.41) is 0.952. The highest BCUT2D eigenvalue weighted by Gasteiger charge is 2.24. The van der Waals surface area contributed by atoms with Crippen LogP contribution in [0.1, 0.15) is 6.92 Å². The number of carbonyl (C=O) groups is 1. The van der Waals surface area contributed by atoms with Gasteiger partial charge < -0.3 is 20.3 Å². The van der Waals surface area contributed by atoms with E-state index in [-0.39, 0.29) is 5.91 Å². The molecule has 2 heterocycles. The van der Waals surface area contributed by atoms with Crippen LogP contribution in [0.5, 0.6) is 5.75 Å². The average molecular weight is 256 g/mol. The molecule has 0 atom stereocenters. The van der Waals surface area contributed by atoms with E-state index in [9.17, 15) is 4.79 Å². The lowest BCUT2D eigenvalue weighted by atomic mass is 10.3. The van der Waals surface area contributed by atoms with E-state index in [1.807, 2.05) is 4.90 Å². The average Bonchev–Trinajstić information content (AvgIpc) is 2.70. The summed E-state index contributed by atoms with van der Waals surface area (Å²) in [5.74, 6) is 1.20. The number of hydrogen-bond acceptors (Lipinski definition) is 6. The highest BCUT2D eigenvalue weighted by atomic mass is 32.1. The lowest BCUT2D eigenvalue weighted by molar-refractivity contribution is -0.129. The van der Waals surface area contributed by atoms with E-state index >= 15 is 0 Å². The third-order valence-electron chi connectivity index (χ3n) is 2.87. The first kappa shape index (κ1) is 12.0. The van der Waals surface area contributed by atoms with Crippen molar-refractivity contribution < 1.29 is 9.53 Å². The standard InChI is InChI=1S/C10H16N4O2S/c1-7(15)13-3-5-14(6-4-13)10-8(16-2)9(11)12-17-10/h3-6H2,1-2H3,(H2,11,12). The highest BCUT2D eigenvalue weighted by Crippen LogP contribution is 2.38. The van der Waals surface area contributed by atoms with E-state index in [4.69, 9.17) is 10.5 Å². The van der Waals surface area contributed by atoms with Crippen LogP contribution in [0.4, 0.5) is 10.8 Å². The molecular formula is C10H16N4O2S. The van der Waals surface area contributed by atoms with Crippen LogP contribution in [0.3, 0.4) is 0 Å². The van der Waals surface area contributed by atoms with Gasteiger partial charge >= 0.3 is 0 Å². The van der Waals surface area contributed by atoms with Crippen LogP contribution in [0.2, 0.25) is 0 Å². The Hall–Kier alpha value is -1.50. The molecule has 94 valence electrons. The van der Waals surface area contributed by atoms with Crippen molar-refractivity contribution in [2.24, 2.45) is 0 Å². The minimum Gasteiger partial charge on any atom is -0.490 e. The molecule has 1 aromatic rings. The van der Waals surface area contributed by atoms with Crippen molar-refractivity contribution in [3.8, 4) is 5.75 Å². The van der Waals surface area contributed by atoms with Gasteiger partial charge in [-0.05, 0) is 11.5 Å². The zero-order valence-electron chi connectivity index (χ0n) is 9.97. The number of piperazine rings is 1. The molecule has 0 radical (unpaired) electrons. The van der Waals surface area contributed by atoms with Crippen molar-refractivity contribution in [2.45, 2.75) is 6.92 Å². The largest absolute Gasteiger partial charge is 0.490 e. The minimum atomic E-state index is 0.125. The molecule has 0 saturated carbocycles. The molecule has 0 unspecified atom stereocenters. The molecule has 1 aliphatic rings. The van der Waals surface area contributed by atoms with E-state index in [2.05, 4.69) is 9.27 Å². The summed E-state index contributed by atoms with van der Waals surface area (Å²) in [5.41, 5.74) is 5.72. The van der Waals surface area contributed by atoms with Crippen LogP contribution in [0.25, 0.3) is 0 Å². The summed E-state index contributed by atoms with van der Waals surface area (Å²) in [7, 11) is 1.59. The maximum absolute atomic E-state index is 11.2. The minimum absolute atomic E-state index is 0.125. The SMILES string of the molecule is COc1c(N)nsc1N1CCN(C(C)=O)CC1. The fourth-order valence-corrected chi connectivity index (χ4v) is 2.74. The molecule has 1 saturated heterocycles. The van der Waals surface area contributed by atoms with Gasteiger partial charge in [-0.15, -0.1) is 0 Å². The first-order valence-electron chi connectivity index (χ1n) is 5.43. The molecule has 17 heavy (non-hydrogen) atoms. The Balaban J connectivity index is 2.07. The fourth-order valence-electron chi connectivity index (χ4n) is 1.90. The number of carbonyl (C=O) groups excluding carboxylic acids is 1. The Morgan fingerprint density at radius 3 is 2.59 bits per heavy atom. The topological polar surface area (TPSA) is 71.7 Å². The number of methoxy groups -OCH3 is 1. The molecule has 2 rings (SSSR count). The second kappa shape index (κ2) is 4.79. The zero-order chi connectivity index (χ0) is 12.4. The van der Waals surface area contributed by atoms with Gasteiger partial charge in [-0.3, -0.25) is 4.79 Å². The monoisotopic (exact) mass is 256 g/mol.